The van der Waals surface area contributed by atoms with E-state index in [0.717, 1.165) is 5.56 Å². The van der Waals surface area contributed by atoms with Crippen LogP contribution in [0.25, 0.3) is 0 Å². The van der Waals surface area contributed by atoms with Crippen molar-refractivity contribution in [1.82, 2.24) is 4.98 Å². The summed E-state index contributed by atoms with van der Waals surface area (Å²) in [5.41, 5.74) is 4.28. The number of phenols is 1. The predicted molar refractivity (Wildman–Crippen MR) is 77.5 cm³/mol. The second-order valence-corrected chi connectivity index (χ2v) is 3.93. The molecule has 1 heterocycles. The third kappa shape index (κ3) is 3.42. The Bertz CT molecular complexity index is 579. The lowest BCUT2D eigenvalue weighted by atomic mass is 10.1. The van der Waals surface area contributed by atoms with E-state index < -0.39 is 0 Å². The zero-order chi connectivity index (χ0) is 13.5. The summed E-state index contributed by atoms with van der Waals surface area (Å²) in [5.74, 6) is 0.884. The summed E-state index contributed by atoms with van der Waals surface area (Å²) in [6, 6.07) is 11.0. The van der Waals surface area contributed by atoms with Gasteiger partial charge in [0.25, 0.3) is 0 Å². The summed E-state index contributed by atoms with van der Waals surface area (Å²) in [4.78, 5) is 4.08. The van der Waals surface area contributed by atoms with Crippen LogP contribution in [0.1, 0.15) is 11.1 Å². The van der Waals surface area contributed by atoms with Crippen LogP contribution in [0.5, 0.6) is 5.75 Å². The van der Waals surface area contributed by atoms with Crippen LogP contribution in [0.15, 0.2) is 60.4 Å². The minimum absolute atomic E-state index is 0.231. The van der Waals surface area contributed by atoms with Gasteiger partial charge in [0.1, 0.15) is 11.6 Å². The first kappa shape index (κ1) is 12.8. The van der Waals surface area contributed by atoms with Crippen molar-refractivity contribution in [3.05, 3.63) is 66.4 Å². The molecule has 0 fully saturated rings. The number of hydrogen-bond donors (Lipinski definition) is 2. The number of anilines is 1. The molecule has 0 amide bonds. The molecule has 96 valence electrons. The van der Waals surface area contributed by atoms with Gasteiger partial charge in [0, 0.05) is 11.8 Å². The fraction of sp³-hybridized carbons (Fsp3) is 0.0667. The highest BCUT2D eigenvalue weighted by Crippen LogP contribution is 2.21. The van der Waals surface area contributed by atoms with E-state index in [4.69, 9.17) is 0 Å². The summed E-state index contributed by atoms with van der Waals surface area (Å²) < 4.78 is 0. The van der Waals surface area contributed by atoms with Crippen molar-refractivity contribution in [3.8, 4) is 5.75 Å². The van der Waals surface area contributed by atoms with E-state index >= 15 is 0 Å². The molecule has 19 heavy (non-hydrogen) atoms. The molecule has 2 aromatic rings. The summed E-state index contributed by atoms with van der Waals surface area (Å²) in [6.45, 7) is 3.66. The zero-order valence-corrected chi connectivity index (χ0v) is 10.5. The minimum atomic E-state index is 0.231. The van der Waals surface area contributed by atoms with Gasteiger partial charge < -0.3 is 5.11 Å². The van der Waals surface area contributed by atoms with Crippen molar-refractivity contribution in [3.63, 3.8) is 0 Å². The van der Waals surface area contributed by atoms with Gasteiger partial charge in [0.05, 0.1) is 6.21 Å². The van der Waals surface area contributed by atoms with Gasteiger partial charge in [-0.3, -0.25) is 5.43 Å². The predicted octanol–water partition coefficient (Wildman–Crippen LogP) is 2.96. The van der Waals surface area contributed by atoms with Gasteiger partial charge in [-0.25, -0.2) is 4.98 Å². The number of aromatic hydroxyl groups is 1. The Morgan fingerprint density at radius 3 is 2.89 bits per heavy atom. The van der Waals surface area contributed by atoms with Crippen LogP contribution < -0.4 is 5.43 Å². The Kier molecular flexibility index (Phi) is 4.29. The van der Waals surface area contributed by atoms with Crippen molar-refractivity contribution >= 4 is 12.0 Å². The molecule has 4 heteroatoms. The highest BCUT2D eigenvalue weighted by Gasteiger charge is 2.03. The smallest absolute Gasteiger partial charge is 0.146 e. The summed E-state index contributed by atoms with van der Waals surface area (Å²) in [6.07, 6.45) is 5.62. The number of para-hydroxylation sites is 1. The van der Waals surface area contributed by atoms with Crippen molar-refractivity contribution in [1.29, 1.82) is 0 Å². The third-order valence-electron chi connectivity index (χ3n) is 2.56. The molecule has 0 aliphatic rings. The normalized spacial score (nSPS) is 10.5. The molecule has 0 saturated carbocycles. The van der Waals surface area contributed by atoms with Gasteiger partial charge in [0.2, 0.25) is 0 Å². The minimum Gasteiger partial charge on any atom is -0.507 e. The van der Waals surface area contributed by atoms with Crippen molar-refractivity contribution < 1.29 is 5.11 Å². The maximum atomic E-state index is 10.0. The van der Waals surface area contributed by atoms with Crippen LogP contribution in [0, 0.1) is 0 Å². The standard InChI is InChI=1S/C15H15N3O/c1-2-6-12-7-5-8-13(15(12)19)11-17-18-14-9-3-4-10-16-14/h2-5,7-11,19H,1,6H2,(H,16,18)/b17-11+. The maximum Gasteiger partial charge on any atom is 0.146 e. The first-order valence-corrected chi connectivity index (χ1v) is 5.93. The molecule has 0 saturated heterocycles. The van der Waals surface area contributed by atoms with Crippen LogP contribution in [-0.4, -0.2) is 16.3 Å². The van der Waals surface area contributed by atoms with E-state index in [1.807, 2.05) is 30.3 Å². The van der Waals surface area contributed by atoms with E-state index in [1.54, 1.807) is 24.6 Å². The number of nitrogens with zero attached hydrogens (tertiary/aromatic N) is 2. The lowest BCUT2D eigenvalue weighted by Gasteiger charge is -2.04. The van der Waals surface area contributed by atoms with Gasteiger partial charge in [-0.05, 0) is 30.2 Å². The first-order chi connectivity index (χ1) is 9.31. The average Bonchev–Trinajstić information content (AvgIpc) is 2.44. The molecule has 0 bridgehead atoms. The molecule has 1 aromatic carbocycles. The SMILES string of the molecule is C=CCc1cccc(/C=N/Nc2ccccn2)c1O. The maximum absolute atomic E-state index is 10.0. The summed E-state index contributed by atoms with van der Waals surface area (Å²) >= 11 is 0. The lowest BCUT2D eigenvalue weighted by Crippen LogP contribution is -1.94. The number of aromatic nitrogens is 1. The van der Waals surface area contributed by atoms with Gasteiger partial charge in [0.15, 0.2) is 0 Å². The fourth-order valence-electron chi connectivity index (χ4n) is 1.63. The van der Waals surface area contributed by atoms with E-state index in [-0.39, 0.29) is 5.75 Å². The molecule has 0 unspecified atom stereocenters. The van der Waals surface area contributed by atoms with E-state index in [0.29, 0.717) is 17.8 Å². The Morgan fingerprint density at radius 1 is 1.26 bits per heavy atom. The number of pyridine rings is 1. The number of allylic oxidation sites excluding steroid dienone is 1. The Hall–Kier alpha value is -2.62. The Labute approximate surface area is 112 Å². The second kappa shape index (κ2) is 6.35. The number of hydrogen-bond acceptors (Lipinski definition) is 4. The van der Waals surface area contributed by atoms with E-state index in [2.05, 4.69) is 22.1 Å². The largest absolute Gasteiger partial charge is 0.507 e. The van der Waals surface area contributed by atoms with Gasteiger partial charge in [-0.1, -0.05) is 24.3 Å². The zero-order valence-electron chi connectivity index (χ0n) is 10.5. The average molecular weight is 253 g/mol. The Balaban J connectivity index is 2.10. The molecular formula is C15H15N3O. The first-order valence-electron chi connectivity index (χ1n) is 5.93. The molecule has 0 aliphatic carbocycles. The van der Waals surface area contributed by atoms with Gasteiger partial charge >= 0.3 is 0 Å². The lowest BCUT2D eigenvalue weighted by molar-refractivity contribution is 0.469. The molecule has 0 radical (unpaired) electrons. The van der Waals surface area contributed by atoms with Crippen LogP contribution in [0.3, 0.4) is 0 Å². The molecule has 2 N–H and O–H groups in total. The summed E-state index contributed by atoms with van der Waals surface area (Å²) in [5, 5.41) is 14.1. The van der Waals surface area contributed by atoms with Crippen LogP contribution in [0.2, 0.25) is 0 Å². The number of nitrogens with one attached hydrogen (secondary N) is 1. The van der Waals surface area contributed by atoms with Gasteiger partial charge in [-0.15, -0.1) is 6.58 Å². The third-order valence-corrected chi connectivity index (χ3v) is 2.56. The number of benzene rings is 1. The molecule has 2 rings (SSSR count). The number of hydrazone groups is 1. The molecule has 0 spiro atoms. The van der Waals surface area contributed by atoms with Crippen molar-refractivity contribution in [2.24, 2.45) is 5.10 Å². The van der Waals surface area contributed by atoms with Crippen molar-refractivity contribution in [2.45, 2.75) is 6.42 Å². The molecular weight excluding hydrogens is 238 g/mol. The molecule has 4 nitrogen and oxygen atoms in total. The molecule has 0 aliphatic heterocycles. The van der Waals surface area contributed by atoms with Crippen LogP contribution in [-0.2, 0) is 6.42 Å². The van der Waals surface area contributed by atoms with E-state index in [1.165, 1.54) is 0 Å². The molecule has 0 atom stereocenters. The van der Waals surface area contributed by atoms with Crippen molar-refractivity contribution in [2.75, 3.05) is 5.43 Å². The number of rotatable bonds is 5. The van der Waals surface area contributed by atoms with Crippen LogP contribution in [0.4, 0.5) is 5.82 Å². The number of phenolic OH excluding ortho intramolecular Hbond substituents is 1. The second-order valence-electron chi connectivity index (χ2n) is 3.93. The van der Waals surface area contributed by atoms with E-state index in [9.17, 15) is 5.11 Å². The monoisotopic (exact) mass is 253 g/mol. The summed E-state index contributed by atoms with van der Waals surface area (Å²) in [7, 11) is 0. The van der Waals surface area contributed by atoms with Gasteiger partial charge in [-0.2, -0.15) is 5.10 Å². The fourth-order valence-corrected chi connectivity index (χ4v) is 1.63. The highest BCUT2D eigenvalue weighted by molar-refractivity contribution is 5.84. The molecule has 1 aromatic heterocycles. The Morgan fingerprint density at radius 2 is 2.16 bits per heavy atom. The topological polar surface area (TPSA) is 57.5 Å². The highest BCUT2D eigenvalue weighted by atomic mass is 16.3. The quantitative estimate of drug-likeness (QED) is 0.489. The van der Waals surface area contributed by atoms with Crippen LogP contribution >= 0.6 is 0 Å².